The van der Waals surface area contributed by atoms with Crippen molar-refractivity contribution < 1.29 is 9.59 Å². The first-order chi connectivity index (χ1) is 8.45. The summed E-state index contributed by atoms with van der Waals surface area (Å²) in [6, 6.07) is 0. The van der Waals surface area contributed by atoms with Gasteiger partial charge in [-0.05, 0) is 13.8 Å². The molecule has 0 radical (unpaired) electrons. The van der Waals surface area contributed by atoms with Crippen molar-refractivity contribution >= 4 is 11.8 Å². The lowest BCUT2D eigenvalue weighted by atomic mass is 10.2. The molecule has 0 fully saturated rings. The van der Waals surface area contributed by atoms with E-state index in [2.05, 4.69) is 15.7 Å². The Morgan fingerprint density at radius 1 is 1.28 bits per heavy atom. The Balaban J connectivity index is 2.45. The van der Waals surface area contributed by atoms with Gasteiger partial charge in [-0.1, -0.05) is 0 Å². The van der Waals surface area contributed by atoms with E-state index in [0.29, 0.717) is 6.54 Å². The highest BCUT2D eigenvalue weighted by atomic mass is 16.2. The van der Waals surface area contributed by atoms with Gasteiger partial charge < -0.3 is 16.4 Å². The highest BCUT2D eigenvalue weighted by Crippen LogP contribution is 2.10. The lowest BCUT2D eigenvalue weighted by Crippen LogP contribution is -2.39. The summed E-state index contributed by atoms with van der Waals surface area (Å²) in [7, 11) is 1.86. The number of nitrogens with two attached hydrogens (primary N) is 1. The number of aromatic nitrogens is 2. The van der Waals surface area contributed by atoms with E-state index >= 15 is 0 Å². The first kappa shape index (κ1) is 14.2. The Morgan fingerprint density at radius 3 is 2.44 bits per heavy atom. The molecule has 0 atom stereocenters. The van der Waals surface area contributed by atoms with Crippen LogP contribution < -0.4 is 16.4 Å². The van der Waals surface area contributed by atoms with Crippen LogP contribution in [-0.2, 0) is 23.2 Å². The first-order valence-electron chi connectivity index (χ1n) is 5.68. The zero-order valence-electron chi connectivity index (χ0n) is 10.9. The van der Waals surface area contributed by atoms with Crippen LogP contribution >= 0.6 is 0 Å². The number of nitrogens with zero attached hydrogens (tertiary/aromatic N) is 2. The summed E-state index contributed by atoms with van der Waals surface area (Å²) in [6.45, 7) is 4.06. The summed E-state index contributed by atoms with van der Waals surface area (Å²) >= 11 is 0. The van der Waals surface area contributed by atoms with Crippen LogP contribution in [0.4, 0.5) is 0 Å². The molecule has 0 aliphatic heterocycles. The van der Waals surface area contributed by atoms with E-state index in [-0.39, 0.29) is 24.9 Å². The molecule has 1 heterocycles. The minimum atomic E-state index is -0.348. The van der Waals surface area contributed by atoms with Gasteiger partial charge in [-0.2, -0.15) is 5.10 Å². The number of rotatable bonds is 5. The monoisotopic (exact) mass is 253 g/mol. The average molecular weight is 253 g/mol. The van der Waals surface area contributed by atoms with Crippen molar-refractivity contribution in [2.75, 3.05) is 13.1 Å². The average Bonchev–Trinajstić information content (AvgIpc) is 2.58. The van der Waals surface area contributed by atoms with E-state index in [4.69, 9.17) is 5.73 Å². The molecule has 0 spiro atoms. The predicted molar refractivity (Wildman–Crippen MR) is 66.6 cm³/mol. The molecule has 0 saturated carbocycles. The van der Waals surface area contributed by atoms with Gasteiger partial charge in [0.05, 0.1) is 18.8 Å². The van der Waals surface area contributed by atoms with Crippen molar-refractivity contribution in [3.05, 3.63) is 17.0 Å². The van der Waals surface area contributed by atoms with Crippen LogP contribution in [0.25, 0.3) is 0 Å². The van der Waals surface area contributed by atoms with E-state index in [1.165, 1.54) is 0 Å². The maximum absolute atomic E-state index is 11.5. The quantitative estimate of drug-likeness (QED) is 0.608. The number of hydrogen-bond donors (Lipinski definition) is 3. The molecule has 0 unspecified atom stereocenters. The Bertz CT molecular complexity index is 453. The van der Waals surface area contributed by atoms with Gasteiger partial charge in [0.1, 0.15) is 0 Å². The molecule has 100 valence electrons. The fourth-order valence-electron chi connectivity index (χ4n) is 1.57. The lowest BCUT2D eigenvalue weighted by Gasteiger charge is -2.06. The molecule has 0 aliphatic carbocycles. The van der Waals surface area contributed by atoms with E-state index in [9.17, 15) is 9.59 Å². The molecule has 7 nitrogen and oxygen atoms in total. The van der Waals surface area contributed by atoms with Crippen LogP contribution in [-0.4, -0.2) is 34.7 Å². The summed E-state index contributed by atoms with van der Waals surface area (Å²) in [5.74, 6) is -0.599. The molecular formula is C11H19N5O2. The minimum absolute atomic E-state index is 0.0611. The SMILES string of the molecule is Cc1nn(C)c(C)c1CNC(=O)CNC(=O)CN. The maximum Gasteiger partial charge on any atom is 0.239 e. The van der Waals surface area contributed by atoms with Crippen LogP contribution in [0.3, 0.4) is 0 Å². The number of carbonyl (C=O) groups is 2. The van der Waals surface area contributed by atoms with Crippen molar-refractivity contribution in [2.45, 2.75) is 20.4 Å². The van der Waals surface area contributed by atoms with Gasteiger partial charge in [0.15, 0.2) is 0 Å². The number of nitrogens with one attached hydrogen (secondary N) is 2. The number of carbonyl (C=O) groups excluding carboxylic acids is 2. The third-order valence-corrected chi connectivity index (χ3v) is 2.75. The van der Waals surface area contributed by atoms with Gasteiger partial charge >= 0.3 is 0 Å². The second-order valence-electron chi connectivity index (χ2n) is 4.03. The Kier molecular flexibility index (Phi) is 4.85. The topological polar surface area (TPSA) is 102 Å². The Hall–Kier alpha value is -1.89. The van der Waals surface area contributed by atoms with Gasteiger partial charge in [-0.3, -0.25) is 14.3 Å². The van der Waals surface area contributed by atoms with Crippen LogP contribution in [0.5, 0.6) is 0 Å². The highest BCUT2D eigenvalue weighted by Gasteiger charge is 2.10. The predicted octanol–water partition coefficient (Wildman–Crippen LogP) is -1.27. The molecule has 0 bridgehead atoms. The third kappa shape index (κ3) is 3.56. The molecule has 7 heteroatoms. The first-order valence-corrected chi connectivity index (χ1v) is 5.68. The summed E-state index contributed by atoms with van der Waals surface area (Å²) < 4.78 is 1.77. The van der Waals surface area contributed by atoms with E-state index in [1.54, 1.807) is 4.68 Å². The van der Waals surface area contributed by atoms with Crippen molar-refractivity contribution in [1.82, 2.24) is 20.4 Å². The second-order valence-corrected chi connectivity index (χ2v) is 4.03. The summed E-state index contributed by atoms with van der Waals surface area (Å²) in [6.07, 6.45) is 0. The smallest absolute Gasteiger partial charge is 0.239 e. The lowest BCUT2D eigenvalue weighted by molar-refractivity contribution is -0.125. The fourth-order valence-corrected chi connectivity index (χ4v) is 1.57. The Morgan fingerprint density at radius 2 is 1.94 bits per heavy atom. The van der Waals surface area contributed by atoms with Crippen LogP contribution in [0, 0.1) is 13.8 Å². The van der Waals surface area contributed by atoms with Gasteiger partial charge in [-0.15, -0.1) is 0 Å². The number of hydrogen-bond acceptors (Lipinski definition) is 4. The van der Waals surface area contributed by atoms with E-state index in [1.807, 2.05) is 20.9 Å². The molecule has 1 aromatic rings. The summed E-state index contributed by atoms with van der Waals surface area (Å²) in [4.78, 5) is 22.3. The van der Waals surface area contributed by atoms with Crippen molar-refractivity contribution in [3.8, 4) is 0 Å². The molecule has 1 rings (SSSR count). The number of aryl methyl sites for hydroxylation is 2. The summed E-state index contributed by atoms with van der Waals surface area (Å²) in [5.41, 5.74) is 8.01. The van der Waals surface area contributed by atoms with Gasteiger partial charge in [-0.25, -0.2) is 0 Å². The molecule has 0 saturated heterocycles. The molecular weight excluding hydrogens is 234 g/mol. The van der Waals surface area contributed by atoms with Crippen molar-refractivity contribution in [2.24, 2.45) is 12.8 Å². The molecule has 18 heavy (non-hydrogen) atoms. The largest absolute Gasteiger partial charge is 0.350 e. The highest BCUT2D eigenvalue weighted by molar-refractivity contribution is 5.85. The van der Waals surface area contributed by atoms with Crippen molar-refractivity contribution in [1.29, 1.82) is 0 Å². The molecule has 0 aromatic carbocycles. The van der Waals surface area contributed by atoms with Gasteiger partial charge in [0, 0.05) is 24.8 Å². The molecule has 1 aromatic heterocycles. The van der Waals surface area contributed by atoms with Crippen molar-refractivity contribution in [3.63, 3.8) is 0 Å². The number of amides is 2. The molecule has 4 N–H and O–H groups in total. The fraction of sp³-hybridized carbons (Fsp3) is 0.545. The zero-order valence-corrected chi connectivity index (χ0v) is 10.9. The van der Waals surface area contributed by atoms with Crippen LogP contribution in [0.2, 0.25) is 0 Å². The van der Waals surface area contributed by atoms with Crippen LogP contribution in [0.1, 0.15) is 17.0 Å². The van der Waals surface area contributed by atoms with Gasteiger partial charge in [0.25, 0.3) is 0 Å². The molecule has 2 amide bonds. The third-order valence-electron chi connectivity index (χ3n) is 2.75. The normalized spacial score (nSPS) is 10.2. The van der Waals surface area contributed by atoms with Crippen LogP contribution in [0.15, 0.2) is 0 Å². The van der Waals surface area contributed by atoms with E-state index < -0.39 is 0 Å². The Labute approximate surface area is 106 Å². The standard InChI is InChI=1S/C11H19N5O2/c1-7-9(8(2)16(3)15-7)5-13-11(18)6-14-10(17)4-12/h4-6,12H2,1-3H3,(H,13,18)(H,14,17). The minimum Gasteiger partial charge on any atom is -0.350 e. The second kappa shape index (κ2) is 6.15. The summed E-state index contributed by atoms with van der Waals surface area (Å²) in [5, 5.41) is 9.39. The maximum atomic E-state index is 11.5. The molecule has 0 aliphatic rings. The van der Waals surface area contributed by atoms with E-state index in [0.717, 1.165) is 17.0 Å². The van der Waals surface area contributed by atoms with Gasteiger partial charge in [0.2, 0.25) is 11.8 Å². The zero-order chi connectivity index (χ0) is 13.7.